The number of carbonyl (C=O) groups excluding carboxylic acids is 2. The lowest BCUT2D eigenvalue weighted by Crippen LogP contribution is -2.50. The summed E-state index contributed by atoms with van der Waals surface area (Å²) in [4.78, 5) is 31.7. The molecule has 0 bridgehead atoms. The Balaban J connectivity index is 1.33. The van der Waals surface area contributed by atoms with Crippen molar-refractivity contribution in [1.82, 2.24) is 9.80 Å². The van der Waals surface area contributed by atoms with Crippen LogP contribution in [-0.4, -0.2) is 60.9 Å². The number of anilines is 1. The number of benzene rings is 2. The van der Waals surface area contributed by atoms with Crippen LogP contribution in [0.15, 0.2) is 48.5 Å². The second-order valence-electron chi connectivity index (χ2n) is 8.22. The Hall–Kier alpha value is -3.37. The first-order valence-corrected chi connectivity index (χ1v) is 11.1. The molecule has 0 radical (unpaired) electrons. The van der Waals surface area contributed by atoms with Gasteiger partial charge in [-0.25, -0.2) is 0 Å². The van der Waals surface area contributed by atoms with Crippen LogP contribution in [-0.2, 0) is 16.1 Å². The van der Waals surface area contributed by atoms with Gasteiger partial charge in [-0.1, -0.05) is 24.3 Å². The van der Waals surface area contributed by atoms with E-state index in [-0.39, 0.29) is 24.2 Å². The molecule has 2 amide bonds. The van der Waals surface area contributed by atoms with Gasteiger partial charge < -0.3 is 14.5 Å². The fourth-order valence-electron chi connectivity index (χ4n) is 4.39. The van der Waals surface area contributed by atoms with Gasteiger partial charge >= 0.3 is 0 Å². The van der Waals surface area contributed by atoms with E-state index >= 15 is 0 Å². The van der Waals surface area contributed by atoms with Crippen molar-refractivity contribution in [3.05, 3.63) is 59.7 Å². The summed E-state index contributed by atoms with van der Waals surface area (Å²) in [6, 6.07) is 17.3. The molecule has 7 nitrogen and oxygen atoms in total. The SMILES string of the molecule is CCOc1ccccc1N1C[C@@H](C(=O)N2CCN(Cc3ccc(C#N)cc3)CC2)CC1=O. The van der Waals surface area contributed by atoms with Crippen molar-refractivity contribution in [2.24, 2.45) is 5.92 Å². The number of carbonyl (C=O) groups is 2. The molecule has 0 aliphatic carbocycles. The van der Waals surface area contributed by atoms with Crippen LogP contribution < -0.4 is 9.64 Å². The molecule has 2 saturated heterocycles. The molecule has 4 rings (SSSR count). The van der Waals surface area contributed by atoms with Crippen LogP contribution in [0.2, 0.25) is 0 Å². The van der Waals surface area contributed by atoms with Gasteiger partial charge in [0.15, 0.2) is 0 Å². The van der Waals surface area contributed by atoms with E-state index in [0.29, 0.717) is 37.6 Å². The number of nitriles is 1. The highest BCUT2D eigenvalue weighted by Crippen LogP contribution is 2.33. The van der Waals surface area contributed by atoms with Gasteiger partial charge in [-0.2, -0.15) is 5.26 Å². The quantitative estimate of drug-likeness (QED) is 0.701. The Morgan fingerprint density at radius 3 is 2.50 bits per heavy atom. The predicted molar refractivity (Wildman–Crippen MR) is 121 cm³/mol. The molecule has 2 fully saturated rings. The van der Waals surface area contributed by atoms with E-state index in [9.17, 15) is 9.59 Å². The Bertz CT molecular complexity index is 1010. The van der Waals surface area contributed by atoms with Crippen LogP contribution in [0.1, 0.15) is 24.5 Å². The maximum atomic E-state index is 13.1. The number of hydrogen-bond donors (Lipinski definition) is 0. The second kappa shape index (κ2) is 9.84. The third-order valence-electron chi connectivity index (χ3n) is 6.10. The summed E-state index contributed by atoms with van der Waals surface area (Å²) in [5, 5.41) is 8.93. The van der Waals surface area contributed by atoms with Crippen molar-refractivity contribution in [3.8, 4) is 11.8 Å². The first-order chi connectivity index (χ1) is 15.6. The van der Waals surface area contributed by atoms with Gasteiger partial charge in [0.05, 0.1) is 29.8 Å². The molecule has 32 heavy (non-hydrogen) atoms. The summed E-state index contributed by atoms with van der Waals surface area (Å²) in [6.45, 7) is 6.55. The van der Waals surface area contributed by atoms with Gasteiger partial charge in [-0.3, -0.25) is 14.5 Å². The zero-order chi connectivity index (χ0) is 22.5. The first kappa shape index (κ1) is 21.8. The Morgan fingerprint density at radius 1 is 1.09 bits per heavy atom. The number of piperazine rings is 1. The van der Waals surface area contributed by atoms with Crippen LogP contribution in [0.3, 0.4) is 0 Å². The van der Waals surface area contributed by atoms with E-state index < -0.39 is 0 Å². The number of rotatable bonds is 6. The van der Waals surface area contributed by atoms with Crippen molar-refractivity contribution in [3.63, 3.8) is 0 Å². The summed E-state index contributed by atoms with van der Waals surface area (Å²) in [5.74, 6) is 0.387. The average Bonchev–Trinajstić information content (AvgIpc) is 3.21. The van der Waals surface area contributed by atoms with Gasteiger partial charge in [0, 0.05) is 45.7 Å². The molecule has 0 unspecified atom stereocenters. The summed E-state index contributed by atoms with van der Waals surface area (Å²) < 4.78 is 5.67. The summed E-state index contributed by atoms with van der Waals surface area (Å²) in [7, 11) is 0. The molecule has 2 aliphatic heterocycles. The van der Waals surface area contributed by atoms with Crippen molar-refractivity contribution < 1.29 is 14.3 Å². The maximum Gasteiger partial charge on any atom is 0.228 e. The number of hydrogen-bond acceptors (Lipinski definition) is 5. The smallest absolute Gasteiger partial charge is 0.228 e. The third-order valence-corrected chi connectivity index (χ3v) is 6.10. The first-order valence-electron chi connectivity index (χ1n) is 11.1. The van der Waals surface area contributed by atoms with Crippen LogP contribution in [0.4, 0.5) is 5.69 Å². The number of ether oxygens (including phenoxy) is 1. The zero-order valence-corrected chi connectivity index (χ0v) is 18.4. The Morgan fingerprint density at radius 2 is 1.81 bits per heavy atom. The van der Waals surface area contributed by atoms with E-state index in [1.54, 1.807) is 4.90 Å². The maximum absolute atomic E-state index is 13.1. The standard InChI is InChI=1S/C25H28N4O3/c1-2-32-23-6-4-3-5-22(23)29-18-21(15-24(29)30)25(31)28-13-11-27(12-14-28)17-20-9-7-19(16-26)8-10-20/h3-10,21H,2,11-15,17-18H2,1H3/t21-/m0/s1. The minimum atomic E-state index is -0.317. The van der Waals surface area contributed by atoms with Crippen LogP contribution in [0.25, 0.3) is 0 Å². The topological polar surface area (TPSA) is 76.9 Å². The molecule has 0 aromatic heterocycles. The van der Waals surface area contributed by atoms with E-state index in [0.717, 1.165) is 30.9 Å². The minimum absolute atomic E-state index is 0.0324. The highest BCUT2D eigenvalue weighted by atomic mass is 16.5. The highest BCUT2D eigenvalue weighted by molar-refractivity contribution is 6.01. The van der Waals surface area contributed by atoms with Crippen molar-refractivity contribution in [2.45, 2.75) is 19.9 Å². The van der Waals surface area contributed by atoms with Crippen LogP contribution >= 0.6 is 0 Å². The van der Waals surface area contributed by atoms with Crippen LogP contribution in [0.5, 0.6) is 5.75 Å². The normalized spacial score (nSPS) is 19.1. The van der Waals surface area contributed by atoms with Crippen molar-refractivity contribution in [1.29, 1.82) is 5.26 Å². The van der Waals surface area contributed by atoms with Gasteiger partial charge in [0.2, 0.25) is 11.8 Å². The molecule has 2 heterocycles. The van der Waals surface area contributed by atoms with E-state index in [2.05, 4.69) is 11.0 Å². The van der Waals surface area contributed by atoms with E-state index in [1.165, 1.54) is 0 Å². The van der Waals surface area contributed by atoms with Crippen molar-refractivity contribution in [2.75, 3.05) is 44.2 Å². The van der Waals surface area contributed by atoms with Crippen LogP contribution in [0, 0.1) is 17.2 Å². The van der Waals surface area contributed by atoms with Crippen molar-refractivity contribution >= 4 is 17.5 Å². The summed E-state index contributed by atoms with van der Waals surface area (Å²) in [6.07, 6.45) is 0.241. The molecule has 0 saturated carbocycles. The zero-order valence-electron chi connectivity index (χ0n) is 18.4. The Kier molecular flexibility index (Phi) is 6.72. The molecule has 0 N–H and O–H groups in total. The molecule has 2 aliphatic rings. The summed E-state index contributed by atoms with van der Waals surface area (Å²) in [5.41, 5.74) is 2.56. The van der Waals surface area contributed by atoms with Gasteiger partial charge in [-0.05, 0) is 36.8 Å². The monoisotopic (exact) mass is 432 g/mol. The number of nitrogens with zero attached hydrogens (tertiary/aromatic N) is 4. The lowest BCUT2D eigenvalue weighted by Gasteiger charge is -2.36. The molecule has 1 atom stereocenters. The summed E-state index contributed by atoms with van der Waals surface area (Å²) >= 11 is 0. The lowest BCUT2D eigenvalue weighted by atomic mass is 10.1. The molecule has 0 spiro atoms. The minimum Gasteiger partial charge on any atom is -0.492 e. The largest absolute Gasteiger partial charge is 0.492 e. The van der Waals surface area contributed by atoms with Gasteiger partial charge in [0.25, 0.3) is 0 Å². The molecular formula is C25H28N4O3. The lowest BCUT2D eigenvalue weighted by molar-refractivity contribution is -0.137. The molecule has 2 aromatic carbocycles. The van der Waals surface area contributed by atoms with Gasteiger partial charge in [0.1, 0.15) is 5.75 Å². The molecular weight excluding hydrogens is 404 g/mol. The number of para-hydroxylation sites is 2. The Labute approximate surface area is 188 Å². The molecule has 166 valence electrons. The predicted octanol–water partition coefficient (Wildman–Crippen LogP) is 2.65. The van der Waals surface area contributed by atoms with Gasteiger partial charge in [-0.15, -0.1) is 0 Å². The molecule has 2 aromatic rings. The fraction of sp³-hybridized carbons (Fsp3) is 0.400. The van der Waals surface area contributed by atoms with E-state index in [1.807, 2.05) is 60.4 Å². The number of amides is 2. The average molecular weight is 433 g/mol. The highest BCUT2D eigenvalue weighted by Gasteiger charge is 2.38. The third kappa shape index (κ3) is 4.76. The molecule has 7 heteroatoms. The fourth-order valence-corrected chi connectivity index (χ4v) is 4.39. The van der Waals surface area contributed by atoms with E-state index in [4.69, 9.17) is 10.00 Å². The second-order valence-corrected chi connectivity index (χ2v) is 8.22.